The van der Waals surface area contributed by atoms with Crippen LogP contribution < -0.4 is 24.8 Å². The molecule has 2 amide bonds. The summed E-state index contributed by atoms with van der Waals surface area (Å²) >= 11 is 0. The van der Waals surface area contributed by atoms with Gasteiger partial charge >= 0.3 is 12.0 Å². The van der Waals surface area contributed by atoms with E-state index in [1.807, 2.05) is 6.92 Å². The van der Waals surface area contributed by atoms with Gasteiger partial charge < -0.3 is 29.6 Å². The smallest absolute Gasteiger partial charge is 0.338 e. The average Bonchev–Trinajstić information content (AvgIpc) is 2.66. The van der Waals surface area contributed by atoms with Crippen molar-refractivity contribution in [2.45, 2.75) is 32.7 Å². The van der Waals surface area contributed by atoms with Gasteiger partial charge in [0.05, 0.1) is 39.6 Å². The Balaban J connectivity index is 2.63. The molecule has 0 aromatic heterocycles. The molecule has 0 fully saturated rings. The van der Waals surface area contributed by atoms with Crippen LogP contribution in [0.25, 0.3) is 0 Å². The van der Waals surface area contributed by atoms with Gasteiger partial charge in [-0.3, -0.25) is 0 Å². The molecule has 2 N–H and O–H groups in total. The lowest BCUT2D eigenvalue weighted by molar-refractivity contribution is -0.139. The molecule has 0 spiro atoms. The van der Waals surface area contributed by atoms with Gasteiger partial charge in [0.1, 0.15) is 0 Å². The van der Waals surface area contributed by atoms with E-state index >= 15 is 0 Å². The zero-order chi connectivity index (χ0) is 20.0. The van der Waals surface area contributed by atoms with E-state index in [1.165, 1.54) is 21.3 Å². The fourth-order valence-corrected chi connectivity index (χ4v) is 3.03. The maximum atomic E-state index is 12.6. The van der Waals surface area contributed by atoms with Crippen molar-refractivity contribution in [3.8, 4) is 17.2 Å². The van der Waals surface area contributed by atoms with Crippen LogP contribution in [0.15, 0.2) is 23.4 Å². The molecule has 0 bridgehead atoms. The zero-order valence-corrected chi connectivity index (χ0v) is 16.3. The third-order valence-corrected chi connectivity index (χ3v) is 4.17. The molecule has 8 heteroatoms. The molecule has 148 valence electrons. The minimum atomic E-state index is -0.701. The van der Waals surface area contributed by atoms with Gasteiger partial charge in [-0.1, -0.05) is 13.3 Å². The number of esters is 1. The molecule has 0 unspecified atom stereocenters. The van der Waals surface area contributed by atoms with Crippen LogP contribution in [0.1, 0.15) is 38.3 Å². The number of hydrogen-bond acceptors (Lipinski definition) is 6. The second-order valence-corrected chi connectivity index (χ2v) is 5.85. The Kier molecular flexibility index (Phi) is 6.92. The van der Waals surface area contributed by atoms with E-state index in [1.54, 1.807) is 19.1 Å². The Labute approximate surface area is 158 Å². The van der Waals surface area contributed by atoms with E-state index < -0.39 is 12.0 Å². The number of carbonyl (C=O) groups is 2. The number of benzene rings is 1. The van der Waals surface area contributed by atoms with E-state index in [4.69, 9.17) is 18.9 Å². The fraction of sp³-hybridized carbons (Fsp3) is 0.474. The topological polar surface area (TPSA) is 95.1 Å². The highest BCUT2D eigenvalue weighted by molar-refractivity contribution is 5.95. The van der Waals surface area contributed by atoms with Gasteiger partial charge in [0, 0.05) is 5.70 Å². The molecule has 0 saturated heterocycles. The molecule has 1 aromatic carbocycles. The number of amides is 2. The van der Waals surface area contributed by atoms with Crippen LogP contribution in [-0.2, 0) is 9.53 Å². The summed E-state index contributed by atoms with van der Waals surface area (Å²) in [5, 5.41) is 5.52. The average molecular weight is 378 g/mol. The maximum Gasteiger partial charge on any atom is 0.338 e. The molecule has 0 saturated carbocycles. The SMILES string of the molecule is CCCC1=C(C(=O)OCC)[C@H](c2cc(OC)c(OC)c(OC)c2)NC(=O)N1. The van der Waals surface area contributed by atoms with Crippen molar-refractivity contribution in [3.05, 3.63) is 29.0 Å². The van der Waals surface area contributed by atoms with Gasteiger partial charge in [-0.05, 0) is 31.0 Å². The van der Waals surface area contributed by atoms with Gasteiger partial charge in [-0.15, -0.1) is 0 Å². The number of nitrogens with one attached hydrogen (secondary N) is 2. The fourth-order valence-electron chi connectivity index (χ4n) is 3.03. The summed E-state index contributed by atoms with van der Waals surface area (Å²) in [7, 11) is 4.52. The molecule has 8 nitrogen and oxygen atoms in total. The van der Waals surface area contributed by atoms with Gasteiger partial charge in [0.25, 0.3) is 0 Å². The summed E-state index contributed by atoms with van der Waals surface area (Å²) in [5.41, 5.74) is 1.54. The van der Waals surface area contributed by atoms with E-state index in [9.17, 15) is 9.59 Å². The molecule has 1 aliphatic rings. The molecular weight excluding hydrogens is 352 g/mol. The summed E-state index contributed by atoms with van der Waals surface area (Å²) in [6, 6.07) is 2.33. The van der Waals surface area contributed by atoms with Crippen LogP contribution >= 0.6 is 0 Å². The molecule has 1 heterocycles. The predicted molar refractivity (Wildman–Crippen MR) is 99.1 cm³/mol. The number of ether oxygens (including phenoxy) is 4. The maximum absolute atomic E-state index is 12.6. The minimum Gasteiger partial charge on any atom is -0.493 e. The summed E-state index contributed by atoms with van der Waals surface area (Å²) in [6.45, 7) is 3.94. The summed E-state index contributed by atoms with van der Waals surface area (Å²) in [6.07, 6.45) is 1.31. The number of allylic oxidation sites excluding steroid dienone is 1. The monoisotopic (exact) mass is 378 g/mol. The Morgan fingerprint density at radius 3 is 2.19 bits per heavy atom. The number of carbonyl (C=O) groups excluding carboxylic acids is 2. The van der Waals surface area contributed by atoms with Crippen molar-refractivity contribution >= 4 is 12.0 Å². The van der Waals surface area contributed by atoms with Gasteiger partial charge in [-0.2, -0.15) is 0 Å². The minimum absolute atomic E-state index is 0.234. The predicted octanol–water partition coefficient (Wildman–Crippen LogP) is 2.68. The molecule has 1 aliphatic heterocycles. The number of methoxy groups -OCH3 is 3. The van der Waals surface area contributed by atoms with E-state index in [0.29, 0.717) is 40.5 Å². The van der Waals surface area contributed by atoms with Crippen molar-refractivity contribution in [2.24, 2.45) is 0 Å². The van der Waals surface area contributed by atoms with E-state index in [0.717, 1.165) is 6.42 Å². The number of urea groups is 1. The lowest BCUT2D eigenvalue weighted by atomic mass is 9.93. The van der Waals surface area contributed by atoms with Crippen molar-refractivity contribution in [2.75, 3.05) is 27.9 Å². The van der Waals surface area contributed by atoms with Crippen LogP contribution in [0.2, 0.25) is 0 Å². The Bertz CT molecular complexity index is 719. The van der Waals surface area contributed by atoms with Crippen molar-refractivity contribution in [1.82, 2.24) is 10.6 Å². The first-order valence-corrected chi connectivity index (χ1v) is 8.78. The first kappa shape index (κ1) is 20.4. The molecule has 1 aromatic rings. The van der Waals surface area contributed by atoms with Crippen molar-refractivity contribution < 1.29 is 28.5 Å². The first-order valence-electron chi connectivity index (χ1n) is 8.78. The number of rotatable bonds is 8. The lowest BCUT2D eigenvalue weighted by Gasteiger charge is -2.30. The third kappa shape index (κ3) is 4.27. The largest absolute Gasteiger partial charge is 0.493 e. The summed E-state index contributed by atoms with van der Waals surface area (Å²) in [4.78, 5) is 24.8. The normalized spacial score (nSPS) is 16.3. The Hall–Kier alpha value is -2.90. The van der Waals surface area contributed by atoms with Crippen LogP contribution in [0, 0.1) is 0 Å². The molecule has 27 heavy (non-hydrogen) atoms. The van der Waals surface area contributed by atoms with Gasteiger partial charge in [-0.25, -0.2) is 9.59 Å². The van der Waals surface area contributed by atoms with Crippen LogP contribution in [0.5, 0.6) is 17.2 Å². The van der Waals surface area contributed by atoms with E-state index in [2.05, 4.69) is 10.6 Å². The quantitative estimate of drug-likeness (QED) is 0.676. The molecule has 1 atom stereocenters. The Morgan fingerprint density at radius 2 is 1.70 bits per heavy atom. The Morgan fingerprint density at radius 1 is 1.07 bits per heavy atom. The highest BCUT2D eigenvalue weighted by atomic mass is 16.5. The zero-order valence-electron chi connectivity index (χ0n) is 16.3. The number of hydrogen-bond donors (Lipinski definition) is 2. The second-order valence-electron chi connectivity index (χ2n) is 5.85. The van der Waals surface area contributed by atoms with E-state index in [-0.39, 0.29) is 12.6 Å². The first-order chi connectivity index (χ1) is 13.0. The van der Waals surface area contributed by atoms with Gasteiger partial charge in [0.2, 0.25) is 5.75 Å². The molecule has 2 rings (SSSR count). The molecule has 0 aliphatic carbocycles. The molecular formula is C19H26N2O6. The second kappa shape index (κ2) is 9.16. The van der Waals surface area contributed by atoms with Crippen molar-refractivity contribution in [1.29, 1.82) is 0 Å². The third-order valence-electron chi connectivity index (χ3n) is 4.17. The highest BCUT2D eigenvalue weighted by Crippen LogP contribution is 2.41. The molecule has 0 radical (unpaired) electrons. The lowest BCUT2D eigenvalue weighted by Crippen LogP contribution is -2.46. The van der Waals surface area contributed by atoms with Crippen LogP contribution in [0.3, 0.4) is 0 Å². The highest BCUT2D eigenvalue weighted by Gasteiger charge is 2.34. The van der Waals surface area contributed by atoms with Gasteiger partial charge in [0.15, 0.2) is 11.5 Å². The standard InChI is InChI=1S/C19H26N2O6/c1-6-8-12-15(18(22)27-7-2)16(21-19(23)20-12)11-9-13(24-3)17(26-5)14(10-11)25-4/h9-10,16H,6-8H2,1-5H3,(H2,20,21,23)/t16-/m0/s1. The summed E-state index contributed by atoms with van der Waals surface area (Å²) < 4.78 is 21.3. The van der Waals surface area contributed by atoms with Crippen molar-refractivity contribution in [3.63, 3.8) is 0 Å². The van der Waals surface area contributed by atoms with Crippen LogP contribution in [0.4, 0.5) is 4.79 Å². The summed E-state index contributed by atoms with van der Waals surface area (Å²) in [5.74, 6) is 0.812. The van der Waals surface area contributed by atoms with Crippen LogP contribution in [-0.4, -0.2) is 39.9 Å².